The lowest BCUT2D eigenvalue weighted by atomic mass is 9.88. The third-order valence-electron chi connectivity index (χ3n) is 7.15. The number of fused-ring (bicyclic) bond motifs is 1. The van der Waals surface area contributed by atoms with Gasteiger partial charge in [0.2, 0.25) is 11.9 Å². The average Bonchev–Trinajstić information content (AvgIpc) is 3.50. The minimum atomic E-state index is -0.207. The minimum Gasteiger partial charge on any atom is -0.350 e. The number of anilines is 1. The Morgan fingerprint density at radius 2 is 1.97 bits per heavy atom. The lowest BCUT2D eigenvalue weighted by molar-refractivity contribution is -0.117. The summed E-state index contributed by atoms with van der Waals surface area (Å²) in [6.45, 7) is 13.2. The van der Waals surface area contributed by atoms with Gasteiger partial charge in [0.25, 0.3) is 5.91 Å². The van der Waals surface area contributed by atoms with Crippen molar-refractivity contribution < 1.29 is 9.59 Å². The SMILES string of the molecule is C=CC(=O)NC1CCC(n2c(NC(=O)c3ccns3)nc3cc(CN[C@@H](C)C(C)(C)C)ccc32)CC1. The van der Waals surface area contributed by atoms with Crippen LogP contribution >= 0.6 is 11.5 Å². The quantitative estimate of drug-likeness (QED) is 0.370. The first-order valence-corrected chi connectivity index (χ1v) is 13.3. The second kappa shape index (κ2) is 10.9. The molecule has 1 aromatic carbocycles. The van der Waals surface area contributed by atoms with E-state index < -0.39 is 0 Å². The minimum absolute atomic E-state index is 0.133. The smallest absolute Gasteiger partial charge is 0.269 e. The molecule has 1 aliphatic carbocycles. The number of hydrogen-bond acceptors (Lipinski definition) is 6. The number of hydrogen-bond donors (Lipinski definition) is 3. The van der Waals surface area contributed by atoms with E-state index in [0.29, 0.717) is 16.9 Å². The summed E-state index contributed by atoms with van der Waals surface area (Å²) in [6.07, 6.45) is 6.42. The molecule has 3 N–H and O–H groups in total. The molecule has 1 aliphatic rings. The molecular formula is C27H36N6O2S. The highest BCUT2D eigenvalue weighted by Gasteiger charge is 2.27. The van der Waals surface area contributed by atoms with E-state index in [1.54, 1.807) is 12.3 Å². The molecule has 4 rings (SSSR count). The van der Waals surface area contributed by atoms with Crippen LogP contribution in [0.4, 0.5) is 5.95 Å². The number of imidazole rings is 1. The van der Waals surface area contributed by atoms with Gasteiger partial charge in [0.1, 0.15) is 4.88 Å². The van der Waals surface area contributed by atoms with E-state index >= 15 is 0 Å². The van der Waals surface area contributed by atoms with E-state index in [-0.39, 0.29) is 29.3 Å². The van der Waals surface area contributed by atoms with Crippen molar-refractivity contribution in [3.05, 3.63) is 53.6 Å². The summed E-state index contributed by atoms with van der Waals surface area (Å²) in [7, 11) is 0. The summed E-state index contributed by atoms with van der Waals surface area (Å²) >= 11 is 1.16. The largest absolute Gasteiger partial charge is 0.350 e. The predicted octanol–water partition coefficient (Wildman–Crippen LogP) is 5.06. The highest BCUT2D eigenvalue weighted by Crippen LogP contribution is 2.35. The van der Waals surface area contributed by atoms with Gasteiger partial charge in [0.15, 0.2) is 0 Å². The molecule has 36 heavy (non-hydrogen) atoms. The van der Waals surface area contributed by atoms with Crippen molar-refractivity contribution in [2.75, 3.05) is 5.32 Å². The molecule has 0 radical (unpaired) electrons. The molecule has 0 spiro atoms. The first-order valence-electron chi connectivity index (χ1n) is 12.5. The van der Waals surface area contributed by atoms with Gasteiger partial charge in [-0.25, -0.2) is 9.36 Å². The second-order valence-electron chi connectivity index (χ2n) is 10.6. The van der Waals surface area contributed by atoms with Crippen molar-refractivity contribution >= 4 is 40.3 Å². The molecule has 0 unspecified atom stereocenters. The van der Waals surface area contributed by atoms with Crippen molar-refractivity contribution in [3.63, 3.8) is 0 Å². The fourth-order valence-corrected chi connectivity index (χ4v) is 5.01. The Morgan fingerprint density at radius 1 is 1.22 bits per heavy atom. The number of benzene rings is 1. The van der Waals surface area contributed by atoms with Crippen LogP contribution in [-0.4, -0.2) is 37.8 Å². The molecular weight excluding hydrogens is 472 g/mol. The molecule has 1 atom stereocenters. The van der Waals surface area contributed by atoms with Crippen LogP contribution < -0.4 is 16.0 Å². The fraction of sp³-hybridized carbons (Fsp3) is 0.481. The van der Waals surface area contributed by atoms with Gasteiger partial charge < -0.3 is 15.2 Å². The molecule has 192 valence electrons. The van der Waals surface area contributed by atoms with Crippen LogP contribution in [0.1, 0.15) is 74.7 Å². The Morgan fingerprint density at radius 3 is 2.61 bits per heavy atom. The molecule has 8 nitrogen and oxygen atoms in total. The lowest BCUT2D eigenvalue weighted by Gasteiger charge is -2.31. The second-order valence-corrected chi connectivity index (χ2v) is 11.5. The van der Waals surface area contributed by atoms with Gasteiger partial charge in [-0.2, -0.15) is 0 Å². The molecule has 9 heteroatoms. The highest BCUT2D eigenvalue weighted by atomic mass is 32.1. The van der Waals surface area contributed by atoms with E-state index in [4.69, 9.17) is 4.98 Å². The van der Waals surface area contributed by atoms with Crippen molar-refractivity contribution in [1.29, 1.82) is 0 Å². The van der Waals surface area contributed by atoms with Gasteiger partial charge >= 0.3 is 0 Å². The van der Waals surface area contributed by atoms with E-state index in [0.717, 1.165) is 60.4 Å². The first-order chi connectivity index (χ1) is 17.2. The number of carbonyl (C=O) groups excluding carboxylic acids is 2. The third-order valence-corrected chi connectivity index (χ3v) is 7.89. The lowest BCUT2D eigenvalue weighted by Crippen LogP contribution is -2.37. The summed E-state index contributed by atoms with van der Waals surface area (Å²) in [5.41, 5.74) is 3.18. The Labute approximate surface area is 216 Å². The number of carbonyl (C=O) groups is 2. The third kappa shape index (κ3) is 6.02. The summed E-state index contributed by atoms with van der Waals surface area (Å²) in [5.74, 6) is 0.211. The Hall–Kier alpha value is -3.04. The van der Waals surface area contributed by atoms with Crippen LogP contribution in [0.15, 0.2) is 43.1 Å². The van der Waals surface area contributed by atoms with Gasteiger partial charge in [-0.3, -0.25) is 14.9 Å². The molecule has 2 amide bonds. The van der Waals surface area contributed by atoms with E-state index in [1.807, 2.05) is 0 Å². The van der Waals surface area contributed by atoms with Gasteiger partial charge in [-0.05, 0) is 79.4 Å². The Kier molecular flexibility index (Phi) is 7.90. The van der Waals surface area contributed by atoms with Crippen LogP contribution in [-0.2, 0) is 11.3 Å². The summed E-state index contributed by atoms with van der Waals surface area (Å²) in [6, 6.07) is 8.72. The monoisotopic (exact) mass is 508 g/mol. The maximum atomic E-state index is 12.9. The van der Waals surface area contributed by atoms with Gasteiger partial charge in [0.05, 0.1) is 11.0 Å². The van der Waals surface area contributed by atoms with Crippen molar-refractivity contribution in [3.8, 4) is 0 Å². The van der Waals surface area contributed by atoms with E-state index in [9.17, 15) is 9.59 Å². The molecule has 1 saturated carbocycles. The molecule has 0 aliphatic heterocycles. The summed E-state index contributed by atoms with van der Waals surface area (Å²) in [5, 5.41) is 9.65. The number of nitrogens with zero attached hydrogens (tertiary/aromatic N) is 3. The molecule has 0 saturated heterocycles. The zero-order valence-corrected chi connectivity index (χ0v) is 22.3. The zero-order chi connectivity index (χ0) is 25.9. The fourth-order valence-electron chi connectivity index (χ4n) is 4.52. The Bertz CT molecular complexity index is 1220. The van der Waals surface area contributed by atoms with E-state index in [1.165, 1.54) is 6.08 Å². The van der Waals surface area contributed by atoms with Gasteiger partial charge in [-0.15, -0.1) is 0 Å². The average molecular weight is 509 g/mol. The number of nitrogens with one attached hydrogen (secondary N) is 3. The predicted molar refractivity (Wildman–Crippen MR) is 145 cm³/mol. The van der Waals surface area contributed by atoms with Crippen LogP contribution in [0.5, 0.6) is 0 Å². The molecule has 1 fully saturated rings. The normalized spacial score (nSPS) is 19.1. The van der Waals surface area contributed by atoms with Crippen LogP contribution in [0, 0.1) is 5.41 Å². The van der Waals surface area contributed by atoms with Crippen LogP contribution in [0.3, 0.4) is 0 Å². The maximum Gasteiger partial charge on any atom is 0.269 e. The van der Waals surface area contributed by atoms with Crippen molar-refractivity contribution in [2.24, 2.45) is 5.41 Å². The summed E-state index contributed by atoms with van der Waals surface area (Å²) < 4.78 is 6.21. The number of rotatable bonds is 8. The highest BCUT2D eigenvalue weighted by molar-refractivity contribution is 7.08. The van der Waals surface area contributed by atoms with Gasteiger partial charge in [-0.1, -0.05) is 33.4 Å². The maximum absolute atomic E-state index is 12.9. The molecule has 0 bridgehead atoms. The standard InChI is InChI=1S/C27H36N6O2S/c1-6-24(34)30-19-8-10-20(11-9-19)33-22-12-7-18(16-28-17(2)27(3,4)5)15-21(22)31-26(33)32-25(35)23-13-14-29-36-23/h6-7,12-15,17,19-20,28H,1,8-11,16H2,2-5H3,(H,30,34)(H,31,32,35)/t17-,19?,20?/m0/s1. The topological polar surface area (TPSA) is 101 Å². The Balaban J connectivity index is 1.59. The number of aromatic nitrogens is 3. The van der Waals surface area contributed by atoms with Crippen molar-refractivity contribution in [2.45, 2.75) is 78.0 Å². The van der Waals surface area contributed by atoms with Crippen LogP contribution in [0.25, 0.3) is 11.0 Å². The molecule has 3 aromatic rings. The van der Waals surface area contributed by atoms with Crippen LogP contribution in [0.2, 0.25) is 0 Å². The first kappa shape index (κ1) is 26.0. The summed E-state index contributed by atoms with van der Waals surface area (Å²) in [4.78, 5) is 30.0. The zero-order valence-electron chi connectivity index (χ0n) is 21.5. The van der Waals surface area contributed by atoms with Crippen molar-refractivity contribution in [1.82, 2.24) is 24.6 Å². The molecule has 2 aromatic heterocycles. The molecule has 2 heterocycles. The number of amides is 2. The van der Waals surface area contributed by atoms with E-state index in [2.05, 4.69) is 77.4 Å². The van der Waals surface area contributed by atoms with Gasteiger partial charge in [0, 0.05) is 30.9 Å².